The van der Waals surface area contributed by atoms with Crippen LogP contribution in [-0.4, -0.2) is 6.21 Å². The largest absolute Gasteiger partial charge is 0.308 e. The van der Waals surface area contributed by atoms with Gasteiger partial charge in [0.05, 0.1) is 0 Å². The van der Waals surface area contributed by atoms with E-state index in [1.807, 2.05) is 18.2 Å². The van der Waals surface area contributed by atoms with E-state index in [4.69, 9.17) is 5.41 Å². The van der Waals surface area contributed by atoms with Gasteiger partial charge in [0.1, 0.15) is 0 Å². The zero-order valence-corrected chi connectivity index (χ0v) is 9.75. The lowest BCUT2D eigenvalue weighted by Crippen LogP contribution is -2.10. The first-order valence-corrected chi connectivity index (χ1v) is 5.29. The molecule has 1 heteroatoms. The standard InChI is InChI=1S/C14H19N/c1-14(2,3)13(11-15)10-9-12-7-5-4-6-8-12/h4-8,10-11,15H,9H2,1-3H3/b13-10+,15-11?. The van der Waals surface area contributed by atoms with Gasteiger partial charge in [0.15, 0.2) is 0 Å². The lowest BCUT2D eigenvalue weighted by atomic mass is 9.86. The van der Waals surface area contributed by atoms with Crippen molar-refractivity contribution >= 4 is 6.21 Å². The fraction of sp³-hybridized carbons (Fsp3) is 0.357. The second-order valence-electron chi connectivity index (χ2n) is 4.74. The number of benzene rings is 1. The Balaban J connectivity index is 2.76. The van der Waals surface area contributed by atoms with E-state index in [1.165, 1.54) is 11.8 Å². The molecular weight excluding hydrogens is 182 g/mol. The third-order valence-corrected chi connectivity index (χ3v) is 2.42. The van der Waals surface area contributed by atoms with Crippen LogP contribution in [0.2, 0.25) is 0 Å². The van der Waals surface area contributed by atoms with Crippen LogP contribution >= 0.6 is 0 Å². The summed E-state index contributed by atoms with van der Waals surface area (Å²) in [5, 5.41) is 7.39. The van der Waals surface area contributed by atoms with Crippen molar-refractivity contribution in [3.05, 3.63) is 47.5 Å². The first-order chi connectivity index (χ1) is 7.04. The molecule has 0 aliphatic carbocycles. The third kappa shape index (κ3) is 3.70. The van der Waals surface area contributed by atoms with E-state index in [0.29, 0.717) is 0 Å². The summed E-state index contributed by atoms with van der Waals surface area (Å²) in [6.45, 7) is 6.40. The summed E-state index contributed by atoms with van der Waals surface area (Å²) in [7, 11) is 0. The zero-order valence-electron chi connectivity index (χ0n) is 9.75. The number of hydrogen-bond acceptors (Lipinski definition) is 1. The summed E-state index contributed by atoms with van der Waals surface area (Å²) in [6, 6.07) is 10.3. The molecule has 0 fully saturated rings. The lowest BCUT2D eigenvalue weighted by molar-refractivity contribution is 0.524. The molecule has 1 aromatic carbocycles. The number of nitrogens with one attached hydrogen (secondary N) is 1. The maximum absolute atomic E-state index is 7.39. The second-order valence-corrected chi connectivity index (χ2v) is 4.74. The Bertz CT molecular complexity index is 341. The maximum Gasteiger partial charge on any atom is 0.0212 e. The van der Waals surface area contributed by atoms with Gasteiger partial charge in [-0.2, -0.15) is 0 Å². The molecule has 0 spiro atoms. The predicted octanol–water partition coefficient (Wildman–Crippen LogP) is 3.85. The molecule has 0 atom stereocenters. The summed E-state index contributed by atoms with van der Waals surface area (Å²) >= 11 is 0. The fourth-order valence-corrected chi connectivity index (χ4v) is 1.42. The highest BCUT2D eigenvalue weighted by atomic mass is 14.4. The monoisotopic (exact) mass is 201 g/mol. The van der Waals surface area contributed by atoms with Crippen molar-refractivity contribution in [1.29, 1.82) is 5.41 Å². The van der Waals surface area contributed by atoms with Crippen molar-refractivity contribution in [1.82, 2.24) is 0 Å². The summed E-state index contributed by atoms with van der Waals surface area (Å²) in [6.07, 6.45) is 4.51. The molecular formula is C14H19N. The molecule has 0 aliphatic heterocycles. The molecule has 0 amide bonds. The molecule has 1 N–H and O–H groups in total. The van der Waals surface area contributed by atoms with Crippen LogP contribution in [0.4, 0.5) is 0 Å². The molecule has 0 aliphatic rings. The molecule has 1 aromatic rings. The van der Waals surface area contributed by atoms with Crippen molar-refractivity contribution < 1.29 is 0 Å². The summed E-state index contributed by atoms with van der Waals surface area (Å²) < 4.78 is 0. The molecule has 1 rings (SSSR count). The minimum absolute atomic E-state index is 0.0660. The molecule has 0 saturated heterocycles. The van der Waals surface area contributed by atoms with Crippen molar-refractivity contribution in [2.45, 2.75) is 27.2 Å². The normalized spacial score (nSPS) is 12.6. The zero-order chi connectivity index (χ0) is 11.3. The SMILES string of the molecule is CC(C)(C)/C(C=N)=C/Cc1ccccc1. The maximum atomic E-state index is 7.39. The van der Waals surface area contributed by atoms with Crippen LogP contribution in [0.5, 0.6) is 0 Å². The van der Waals surface area contributed by atoms with Crippen LogP contribution in [0.3, 0.4) is 0 Å². The van der Waals surface area contributed by atoms with Crippen LogP contribution in [0.1, 0.15) is 26.3 Å². The fourth-order valence-electron chi connectivity index (χ4n) is 1.42. The summed E-state index contributed by atoms with van der Waals surface area (Å²) in [4.78, 5) is 0. The molecule has 80 valence electrons. The van der Waals surface area contributed by atoms with Crippen LogP contribution in [0.25, 0.3) is 0 Å². The Hall–Kier alpha value is -1.37. The van der Waals surface area contributed by atoms with Gasteiger partial charge in [-0.05, 0) is 23.0 Å². The van der Waals surface area contributed by atoms with E-state index in [2.05, 4.69) is 39.0 Å². The van der Waals surface area contributed by atoms with Crippen LogP contribution in [0, 0.1) is 10.8 Å². The van der Waals surface area contributed by atoms with Gasteiger partial charge >= 0.3 is 0 Å². The Morgan fingerprint density at radius 1 is 1.20 bits per heavy atom. The lowest BCUT2D eigenvalue weighted by Gasteiger charge is -2.19. The third-order valence-electron chi connectivity index (χ3n) is 2.42. The molecule has 15 heavy (non-hydrogen) atoms. The average molecular weight is 201 g/mol. The predicted molar refractivity (Wildman–Crippen MR) is 66.5 cm³/mol. The molecule has 0 unspecified atom stereocenters. The van der Waals surface area contributed by atoms with E-state index in [1.54, 1.807) is 0 Å². The van der Waals surface area contributed by atoms with Gasteiger partial charge in [-0.15, -0.1) is 0 Å². The smallest absolute Gasteiger partial charge is 0.0212 e. The quantitative estimate of drug-likeness (QED) is 0.718. The Labute approximate surface area is 92.3 Å². The van der Waals surface area contributed by atoms with E-state index < -0.39 is 0 Å². The van der Waals surface area contributed by atoms with Gasteiger partial charge in [-0.1, -0.05) is 57.2 Å². The molecule has 1 nitrogen and oxygen atoms in total. The van der Waals surface area contributed by atoms with Gasteiger partial charge in [0.2, 0.25) is 0 Å². The van der Waals surface area contributed by atoms with Crippen molar-refractivity contribution in [3.63, 3.8) is 0 Å². The van der Waals surface area contributed by atoms with Gasteiger partial charge in [-0.25, -0.2) is 0 Å². The molecule has 0 heterocycles. The van der Waals surface area contributed by atoms with E-state index in [9.17, 15) is 0 Å². The number of hydrogen-bond donors (Lipinski definition) is 1. The van der Waals surface area contributed by atoms with E-state index in [0.717, 1.165) is 12.0 Å². The molecule has 0 aromatic heterocycles. The summed E-state index contributed by atoms with van der Waals surface area (Å²) in [5.41, 5.74) is 2.45. The second kappa shape index (κ2) is 4.92. The highest BCUT2D eigenvalue weighted by molar-refractivity contribution is 5.77. The number of allylic oxidation sites excluding steroid dienone is 2. The van der Waals surface area contributed by atoms with Crippen molar-refractivity contribution in [2.75, 3.05) is 0 Å². The Morgan fingerprint density at radius 3 is 2.27 bits per heavy atom. The Morgan fingerprint density at radius 2 is 1.80 bits per heavy atom. The first-order valence-electron chi connectivity index (χ1n) is 5.29. The first kappa shape index (κ1) is 11.7. The molecule has 0 bridgehead atoms. The van der Waals surface area contributed by atoms with Crippen LogP contribution in [-0.2, 0) is 6.42 Å². The molecule has 0 saturated carbocycles. The number of rotatable bonds is 3. The average Bonchev–Trinajstić information content (AvgIpc) is 2.18. The minimum Gasteiger partial charge on any atom is -0.308 e. The molecule has 0 radical (unpaired) electrons. The van der Waals surface area contributed by atoms with E-state index >= 15 is 0 Å². The van der Waals surface area contributed by atoms with Crippen molar-refractivity contribution in [3.8, 4) is 0 Å². The van der Waals surface area contributed by atoms with Crippen molar-refractivity contribution in [2.24, 2.45) is 5.41 Å². The highest BCUT2D eigenvalue weighted by Gasteiger charge is 2.13. The summed E-state index contributed by atoms with van der Waals surface area (Å²) in [5.74, 6) is 0. The topological polar surface area (TPSA) is 23.9 Å². The van der Waals surface area contributed by atoms with Crippen LogP contribution in [0.15, 0.2) is 42.0 Å². The minimum atomic E-state index is 0.0660. The van der Waals surface area contributed by atoms with Crippen LogP contribution < -0.4 is 0 Å². The van der Waals surface area contributed by atoms with Gasteiger partial charge in [0, 0.05) is 6.21 Å². The van der Waals surface area contributed by atoms with E-state index in [-0.39, 0.29) is 5.41 Å². The van der Waals surface area contributed by atoms with Gasteiger partial charge in [-0.3, -0.25) is 0 Å². The highest BCUT2D eigenvalue weighted by Crippen LogP contribution is 2.23. The Kier molecular flexibility index (Phi) is 3.84. The van der Waals surface area contributed by atoms with Gasteiger partial charge < -0.3 is 5.41 Å². The van der Waals surface area contributed by atoms with Gasteiger partial charge in [0.25, 0.3) is 0 Å².